The Morgan fingerprint density at radius 2 is 1.26 bits per heavy atom. The number of fused-ring (bicyclic) bond motifs is 2. The van der Waals surface area contributed by atoms with Crippen LogP contribution < -0.4 is 0 Å². The smallest absolute Gasteiger partial charge is 0.313 e. The summed E-state index contributed by atoms with van der Waals surface area (Å²) < 4.78 is 47.6. The van der Waals surface area contributed by atoms with Gasteiger partial charge in [-0.25, -0.2) is 0 Å². The van der Waals surface area contributed by atoms with E-state index in [-0.39, 0.29) is 0 Å². The van der Waals surface area contributed by atoms with Gasteiger partial charge in [0.2, 0.25) is 0 Å². The summed E-state index contributed by atoms with van der Waals surface area (Å²) in [6, 6.07) is 0. The van der Waals surface area contributed by atoms with Crippen molar-refractivity contribution in [1.29, 1.82) is 0 Å². The van der Waals surface area contributed by atoms with Crippen LogP contribution in [0.15, 0.2) is 0 Å². The number of aliphatic hydroxyl groups excluding tert-OH is 1. The number of carbonyl (C=O) groups is 7. The average Bonchev–Trinajstić information content (AvgIpc) is 3.19. The molecule has 11 atom stereocenters. The Bertz CT molecular complexity index is 1100. The minimum atomic E-state index is -1.85. The minimum Gasteiger partial charge on any atom is -0.469 e. The Balaban J connectivity index is 2.08. The monoisotopic (exact) mass is 604 g/mol. The van der Waals surface area contributed by atoms with Crippen molar-refractivity contribution in [3.8, 4) is 0 Å². The molecule has 3 rings (SSSR count). The number of ether oxygens (including phenoxy) is 9. The van der Waals surface area contributed by atoms with Crippen LogP contribution in [0, 0.1) is 17.8 Å². The van der Waals surface area contributed by atoms with E-state index in [1.54, 1.807) is 0 Å². The Morgan fingerprint density at radius 1 is 0.738 bits per heavy atom. The summed E-state index contributed by atoms with van der Waals surface area (Å²) in [5, 5.41) is 11.2. The summed E-state index contributed by atoms with van der Waals surface area (Å²) >= 11 is 0. The van der Waals surface area contributed by atoms with Gasteiger partial charge < -0.3 is 47.7 Å². The van der Waals surface area contributed by atoms with Crippen LogP contribution in [0.25, 0.3) is 0 Å². The molecule has 234 valence electrons. The number of methoxy groups -OCH3 is 2. The third-order valence-electron chi connectivity index (χ3n) is 6.87. The van der Waals surface area contributed by atoms with Crippen LogP contribution in [-0.2, 0) is 76.2 Å². The molecule has 0 spiro atoms. The molecule has 42 heavy (non-hydrogen) atoms. The molecule has 0 aromatic rings. The van der Waals surface area contributed by atoms with Gasteiger partial charge in [0.15, 0.2) is 24.6 Å². The normalized spacial score (nSPS) is 35.2. The summed E-state index contributed by atoms with van der Waals surface area (Å²) in [4.78, 5) is 85.9. The average molecular weight is 605 g/mol. The topological polar surface area (TPSA) is 223 Å². The molecule has 2 saturated heterocycles. The zero-order chi connectivity index (χ0) is 31.5. The van der Waals surface area contributed by atoms with Crippen molar-refractivity contribution in [1.82, 2.24) is 0 Å². The molecule has 2 bridgehead atoms. The lowest BCUT2D eigenvalue weighted by molar-refractivity contribution is -0.330. The first kappa shape index (κ1) is 32.7. The Morgan fingerprint density at radius 3 is 1.79 bits per heavy atom. The van der Waals surface area contributed by atoms with Crippen molar-refractivity contribution in [2.24, 2.45) is 17.8 Å². The number of carbonyl (C=O) groups excluding carboxylic acids is 7. The molecule has 3 aliphatic rings. The molecule has 2 aliphatic heterocycles. The Labute approximate surface area is 238 Å². The van der Waals surface area contributed by atoms with Crippen molar-refractivity contribution in [3.63, 3.8) is 0 Å². The molecular formula is C25H32O17. The molecule has 0 amide bonds. The second-order valence-corrected chi connectivity index (χ2v) is 9.68. The molecule has 1 aliphatic carbocycles. The predicted molar refractivity (Wildman–Crippen MR) is 127 cm³/mol. The van der Waals surface area contributed by atoms with E-state index in [4.69, 9.17) is 42.6 Å². The van der Waals surface area contributed by atoms with Gasteiger partial charge in [-0.2, -0.15) is 0 Å². The minimum absolute atomic E-state index is 0.567. The summed E-state index contributed by atoms with van der Waals surface area (Å²) in [6.45, 7) is 3.60. The fourth-order valence-corrected chi connectivity index (χ4v) is 5.34. The first-order valence-corrected chi connectivity index (χ1v) is 12.7. The number of hydrogen-bond acceptors (Lipinski definition) is 17. The number of hydrogen-bond donors (Lipinski definition) is 1. The summed E-state index contributed by atoms with van der Waals surface area (Å²) in [7, 11) is 2.05. The van der Waals surface area contributed by atoms with E-state index in [1.165, 1.54) is 0 Å². The zero-order valence-electron chi connectivity index (χ0n) is 23.5. The fourth-order valence-electron chi connectivity index (χ4n) is 5.34. The molecule has 0 aromatic heterocycles. The Hall–Kier alpha value is -3.83. The second-order valence-electron chi connectivity index (χ2n) is 9.68. The van der Waals surface area contributed by atoms with Crippen LogP contribution in [0.5, 0.6) is 0 Å². The second kappa shape index (κ2) is 13.4. The summed E-state index contributed by atoms with van der Waals surface area (Å²) in [5.41, 5.74) is 0. The standard InChI is InChI=1S/C25H32O17/c1-8(26)36-7-12-17(37-9(2)27)20(38-10(3)28)21(39-11(4)29)25(40-12)42-19-15(23(32)35-6)13-14(22(31)34-5)18(16(19)30)41-24(13)33/h12-21,25,30H,7H2,1-6H3/t12?,13?,14?,15-,16-,17?,18?,19-,20?,21?,25?/m1/s1. The predicted octanol–water partition coefficient (Wildman–Crippen LogP) is -2.05. The fraction of sp³-hybridized carbons (Fsp3) is 0.720. The van der Waals surface area contributed by atoms with Crippen molar-refractivity contribution in [3.05, 3.63) is 0 Å². The highest BCUT2D eigenvalue weighted by molar-refractivity contribution is 5.91. The molecule has 17 nitrogen and oxygen atoms in total. The van der Waals surface area contributed by atoms with E-state index in [0.717, 1.165) is 41.9 Å². The molecule has 1 saturated carbocycles. The van der Waals surface area contributed by atoms with Gasteiger partial charge in [0.1, 0.15) is 42.9 Å². The molecular weight excluding hydrogens is 572 g/mol. The van der Waals surface area contributed by atoms with Crippen LogP contribution in [0.4, 0.5) is 0 Å². The molecule has 8 unspecified atom stereocenters. The molecule has 1 N–H and O–H groups in total. The highest BCUT2D eigenvalue weighted by Gasteiger charge is 2.67. The van der Waals surface area contributed by atoms with Gasteiger partial charge in [-0.1, -0.05) is 0 Å². The van der Waals surface area contributed by atoms with Gasteiger partial charge in [-0.15, -0.1) is 0 Å². The number of rotatable bonds is 9. The van der Waals surface area contributed by atoms with E-state index in [2.05, 4.69) is 0 Å². The van der Waals surface area contributed by atoms with Gasteiger partial charge >= 0.3 is 41.8 Å². The summed E-state index contributed by atoms with van der Waals surface area (Å²) in [5.74, 6) is -11.0. The SMILES string of the molecule is COC(=O)C1C2OC(=O)C1[C@@H](C(=O)OC)[C@@H](OC1OC(COC(C)=O)C(OC(C)=O)C(OC(C)=O)C1OC(C)=O)[C@@H]2O. The van der Waals surface area contributed by atoms with E-state index in [0.29, 0.717) is 0 Å². The van der Waals surface area contributed by atoms with Gasteiger partial charge in [-0.05, 0) is 0 Å². The zero-order valence-corrected chi connectivity index (χ0v) is 23.5. The first-order chi connectivity index (χ1) is 19.7. The molecule has 0 aromatic carbocycles. The highest BCUT2D eigenvalue weighted by atomic mass is 16.7. The number of aliphatic hydroxyl groups is 1. The maximum absolute atomic E-state index is 13.0. The van der Waals surface area contributed by atoms with Crippen LogP contribution in [0.3, 0.4) is 0 Å². The summed E-state index contributed by atoms with van der Waals surface area (Å²) in [6.07, 6.45) is -13.0. The lowest BCUT2D eigenvalue weighted by atomic mass is 9.69. The maximum Gasteiger partial charge on any atom is 0.313 e. The van der Waals surface area contributed by atoms with Gasteiger partial charge in [0.05, 0.1) is 20.1 Å². The lowest BCUT2D eigenvalue weighted by Crippen LogP contribution is -2.65. The van der Waals surface area contributed by atoms with E-state index in [9.17, 15) is 38.7 Å². The van der Waals surface area contributed by atoms with Crippen LogP contribution in [0.2, 0.25) is 0 Å². The van der Waals surface area contributed by atoms with E-state index >= 15 is 0 Å². The van der Waals surface area contributed by atoms with E-state index in [1.807, 2.05) is 0 Å². The third-order valence-corrected chi connectivity index (χ3v) is 6.87. The largest absolute Gasteiger partial charge is 0.469 e. The molecule has 17 heteroatoms. The van der Waals surface area contributed by atoms with Crippen LogP contribution in [-0.4, -0.2) is 117 Å². The van der Waals surface area contributed by atoms with Crippen molar-refractivity contribution < 1.29 is 81.3 Å². The molecule has 3 fully saturated rings. The van der Waals surface area contributed by atoms with Crippen molar-refractivity contribution >= 4 is 41.8 Å². The van der Waals surface area contributed by atoms with Gasteiger partial charge in [-0.3, -0.25) is 33.6 Å². The Kier molecular flexibility index (Phi) is 10.5. The quantitative estimate of drug-likeness (QED) is 0.221. The van der Waals surface area contributed by atoms with Gasteiger partial charge in [0.25, 0.3) is 0 Å². The third kappa shape index (κ3) is 6.79. The van der Waals surface area contributed by atoms with Crippen LogP contribution in [0.1, 0.15) is 27.7 Å². The first-order valence-electron chi connectivity index (χ1n) is 12.7. The van der Waals surface area contributed by atoms with Crippen LogP contribution >= 0.6 is 0 Å². The molecule has 0 radical (unpaired) electrons. The lowest BCUT2D eigenvalue weighted by Gasteiger charge is -2.47. The number of esters is 7. The van der Waals surface area contributed by atoms with Crippen molar-refractivity contribution in [2.45, 2.75) is 76.7 Å². The van der Waals surface area contributed by atoms with E-state index < -0.39 is 115 Å². The highest BCUT2D eigenvalue weighted by Crippen LogP contribution is 2.46. The van der Waals surface area contributed by atoms with Crippen molar-refractivity contribution in [2.75, 3.05) is 20.8 Å². The van der Waals surface area contributed by atoms with Gasteiger partial charge in [0, 0.05) is 27.7 Å². The molecule has 2 heterocycles. The maximum atomic E-state index is 13.0.